The molecular weight excluding hydrogens is 420 g/mol. The van der Waals surface area contributed by atoms with Crippen LogP contribution in [-0.4, -0.2) is 36.8 Å². The van der Waals surface area contributed by atoms with Crippen molar-refractivity contribution < 1.29 is 13.2 Å². The van der Waals surface area contributed by atoms with Crippen molar-refractivity contribution in [3.8, 4) is 10.6 Å². The monoisotopic (exact) mass is 444 g/mol. The predicted molar refractivity (Wildman–Crippen MR) is 121 cm³/mol. The minimum absolute atomic E-state index is 0.302. The van der Waals surface area contributed by atoms with Crippen LogP contribution in [0.4, 0.5) is 10.8 Å². The zero-order chi connectivity index (χ0) is 21.9. The Morgan fingerprint density at radius 3 is 2.30 bits per heavy atom. The average molecular weight is 445 g/mol. The number of amides is 1. The summed E-state index contributed by atoms with van der Waals surface area (Å²) in [6.45, 7) is 5.56. The Morgan fingerprint density at radius 1 is 1.10 bits per heavy atom. The van der Waals surface area contributed by atoms with Crippen LogP contribution in [-0.2, 0) is 14.8 Å². The number of hydrogen-bond acceptors (Lipinski definition) is 6. The molecule has 0 aliphatic rings. The van der Waals surface area contributed by atoms with Gasteiger partial charge in [-0.05, 0) is 43.5 Å². The minimum atomic E-state index is -3.70. The van der Waals surface area contributed by atoms with Gasteiger partial charge in [0.2, 0.25) is 21.1 Å². The number of nitrogens with one attached hydrogen (secondary N) is 1. The lowest BCUT2D eigenvalue weighted by atomic mass is 10.1. The molecule has 3 rings (SSSR count). The second-order valence-corrected chi connectivity index (χ2v) is 9.93. The Balaban J connectivity index is 1.89. The Labute approximate surface area is 180 Å². The maximum Gasteiger partial charge on any atom is 0.250 e. The van der Waals surface area contributed by atoms with Crippen LogP contribution in [0.25, 0.3) is 10.6 Å². The highest BCUT2D eigenvalue weighted by molar-refractivity contribution is 7.92. The van der Waals surface area contributed by atoms with Crippen LogP contribution in [0.15, 0.2) is 48.5 Å². The van der Waals surface area contributed by atoms with E-state index in [0.29, 0.717) is 22.2 Å². The van der Waals surface area contributed by atoms with Crippen LogP contribution < -0.4 is 9.62 Å². The zero-order valence-corrected chi connectivity index (χ0v) is 18.9. The van der Waals surface area contributed by atoms with E-state index in [4.69, 9.17) is 0 Å². The molecule has 1 N–H and O–H groups in total. The highest BCUT2D eigenvalue weighted by Gasteiger charge is 2.32. The molecule has 1 heterocycles. The second kappa shape index (κ2) is 8.93. The third-order valence-corrected chi connectivity index (χ3v) is 6.53. The first-order valence-electron chi connectivity index (χ1n) is 9.46. The van der Waals surface area contributed by atoms with Crippen molar-refractivity contribution in [2.45, 2.75) is 33.2 Å². The quantitative estimate of drug-likeness (QED) is 0.594. The summed E-state index contributed by atoms with van der Waals surface area (Å²) >= 11 is 1.24. The van der Waals surface area contributed by atoms with Crippen molar-refractivity contribution in [2.24, 2.45) is 0 Å². The number of carbonyl (C=O) groups is 1. The summed E-state index contributed by atoms with van der Waals surface area (Å²) in [5.74, 6) is -0.446. The summed E-state index contributed by atoms with van der Waals surface area (Å²) in [6, 6.07) is 14.1. The van der Waals surface area contributed by atoms with Crippen molar-refractivity contribution in [2.75, 3.05) is 15.9 Å². The number of nitrogens with zero attached hydrogens (tertiary/aromatic N) is 3. The summed E-state index contributed by atoms with van der Waals surface area (Å²) in [6.07, 6.45) is 1.41. The molecule has 1 amide bonds. The summed E-state index contributed by atoms with van der Waals surface area (Å²) in [4.78, 5) is 13.0. The highest BCUT2D eigenvalue weighted by atomic mass is 32.2. The topological polar surface area (TPSA) is 92.3 Å². The first-order valence-corrected chi connectivity index (χ1v) is 12.1. The molecule has 9 heteroatoms. The van der Waals surface area contributed by atoms with Crippen molar-refractivity contribution in [3.05, 3.63) is 59.7 Å². The van der Waals surface area contributed by atoms with Crippen molar-refractivity contribution in [1.29, 1.82) is 0 Å². The molecule has 0 spiro atoms. The fourth-order valence-electron chi connectivity index (χ4n) is 3.30. The van der Waals surface area contributed by atoms with E-state index in [0.717, 1.165) is 22.9 Å². The van der Waals surface area contributed by atoms with Gasteiger partial charge in [-0.3, -0.25) is 14.4 Å². The standard InChI is InChI=1S/C21H24N4O3S2/c1-5-18(25(30(4,27)28)17-12-14(2)11-15(3)13-17)19(26)22-21-24-23-20(29-21)16-9-7-6-8-10-16/h6-13,18H,5H2,1-4H3,(H,22,24,26). The van der Waals surface area contributed by atoms with E-state index < -0.39 is 22.0 Å². The molecule has 0 saturated heterocycles. The second-order valence-electron chi connectivity index (χ2n) is 7.10. The molecule has 1 aromatic heterocycles. The molecule has 0 radical (unpaired) electrons. The Hall–Kier alpha value is -2.78. The van der Waals surface area contributed by atoms with E-state index in [1.807, 2.05) is 50.2 Å². The molecule has 0 aliphatic heterocycles. The van der Waals surface area contributed by atoms with Crippen LogP contribution >= 0.6 is 11.3 Å². The molecule has 1 atom stereocenters. The molecule has 0 fully saturated rings. The molecular formula is C21H24N4O3S2. The van der Waals surface area contributed by atoms with Crippen LogP contribution in [0.5, 0.6) is 0 Å². The van der Waals surface area contributed by atoms with Gasteiger partial charge in [-0.15, -0.1) is 10.2 Å². The van der Waals surface area contributed by atoms with Crippen LogP contribution in [0.3, 0.4) is 0 Å². The van der Waals surface area contributed by atoms with E-state index in [9.17, 15) is 13.2 Å². The third kappa shape index (κ3) is 5.03. The van der Waals surface area contributed by atoms with Gasteiger partial charge in [0.1, 0.15) is 11.0 Å². The number of rotatable bonds is 7. The van der Waals surface area contributed by atoms with E-state index in [1.165, 1.54) is 15.6 Å². The molecule has 3 aromatic rings. The lowest BCUT2D eigenvalue weighted by Crippen LogP contribution is -2.47. The lowest BCUT2D eigenvalue weighted by Gasteiger charge is -2.30. The smallest absolute Gasteiger partial charge is 0.250 e. The zero-order valence-electron chi connectivity index (χ0n) is 17.3. The summed E-state index contributed by atoms with van der Waals surface area (Å²) in [5.41, 5.74) is 3.21. The van der Waals surface area contributed by atoms with Gasteiger partial charge in [-0.25, -0.2) is 8.42 Å². The molecule has 30 heavy (non-hydrogen) atoms. The first-order chi connectivity index (χ1) is 14.2. The molecule has 158 valence electrons. The molecule has 2 aromatic carbocycles. The van der Waals surface area contributed by atoms with Gasteiger partial charge < -0.3 is 0 Å². The van der Waals surface area contributed by atoms with Gasteiger partial charge in [0.25, 0.3) is 0 Å². The van der Waals surface area contributed by atoms with E-state index in [2.05, 4.69) is 15.5 Å². The minimum Gasteiger partial charge on any atom is -0.299 e. The van der Waals surface area contributed by atoms with E-state index >= 15 is 0 Å². The number of aromatic nitrogens is 2. The SMILES string of the molecule is CCC(C(=O)Nc1nnc(-c2ccccc2)s1)N(c1cc(C)cc(C)c1)S(C)(=O)=O. The molecule has 7 nitrogen and oxygen atoms in total. The van der Waals surface area contributed by atoms with Crippen molar-refractivity contribution in [3.63, 3.8) is 0 Å². The van der Waals surface area contributed by atoms with Crippen LogP contribution in [0.1, 0.15) is 24.5 Å². The number of carbonyl (C=O) groups excluding carboxylic acids is 1. The molecule has 1 unspecified atom stereocenters. The highest BCUT2D eigenvalue weighted by Crippen LogP contribution is 2.28. The van der Waals surface area contributed by atoms with Gasteiger partial charge in [-0.1, -0.05) is 54.7 Å². The summed E-state index contributed by atoms with van der Waals surface area (Å²) in [7, 11) is -3.70. The van der Waals surface area contributed by atoms with Crippen LogP contribution in [0.2, 0.25) is 0 Å². The largest absolute Gasteiger partial charge is 0.299 e. The maximum absolute atomic E-state index is 13.0. The summed E-state index contributed by atoms with van der Waals surface area (Å²) in [5, 5.41) is 11.9. The van der Waals surface area contributed by atoms with Crippen molar-refractivity contribution in [1.82, 2.24) is 10.2 Å². The maximum atomic E-state index is 13.0. The average Bonchev–Trinajstić information content (AvgIpc) is 3.13. The normalized spacial score (nSPS) is 12.4. The fourth-order valence-corrected chi connectivity index (χ4v) is 5.25. The van der Waals surface area contributed by atoms with E-state index in [-0.39, 0.29) is 0 Å². The fraction of sp³-hybridized carbons (Fsp3) is 0.286. The number of aryl methyl sites for hydroxylation is 2. The van der Waals surface area contributed by atoms with Crippen molar-refractivity contribution >= 4 is 38.1 Å². The number of anilines is 2. The van der Waals surface area contributed by atoms with Gasteiger partial charge in [-0.2, -0.15) is 0 Å². The Bertz CT molecular complexity index is 1120. The number of hydrogen-bond donors (Lipinski definition) is 1. The molecule has 0 bridgehead atoms. The van der Waals surface area contributed by atoms with Gasteiger partial charge in [0.05, 0.1) is 11.9 Å². The summed E-state index contributed by atoms with van der Waals surface area (Å²) < 4.78 is 26.4. The Morgan fingerprint density at radius 2 is 1.73 bits per heavy atom. The van der Waals surface area contributed by atoms with Crippen LogP contribution in [0, 0.1) is 13.8 Å². The lowest BCUT2D eigenvalue weighted by molar-refractivity contribution is -0.117. The van der Waals surface area contributed by atoms with Gasteiger partial charge in [0.15, 0.2) is 0 Å². The third-order valence-electron chi connectivity index (χ3n) is 4.47. The molecule has 0 saturated carbocycles. The van der Waals surface area contributed by atoms with Gasteiger partial charge >= 0.3 is 0 Å². The first kappa shape index (κ1) is 21.9. The predicted octanol–water partition coefficient (Wildman–Crippen LogP) is 4.01. The Kier molecular flexibility index (Phi) is 6.52. The number of sulfonamides is 1. The van der Waals surface area contributed by atoms with Gasteiger partial charge in [0, 0.05) is 5.56 Å². The molecule has 0 aliphatic carbocycles. The number of benzene rings is 2. The van der Waals surface area contributed by atoms with E-state index in [1.54, 1.807) is 19.1 Å².